The van der Waals surface area contributed by atoms with Gasteiger partial charge >= 0.3 is 0 Å². The zero-order chi connectivity index (χ0) is 20.3. The van der Waals surface area contributed by atoms with Crippen molar-refractivity contribution in [1.29, 1.82) is 0 Å². The number of nitrogens with one attached hydrogen (secondary N) is 2. The summed E-state index contributed by atoms with van der Waals surface area (Å²) in [5.74, 6) is 7.91. The van der Waals surface area contributed by atoms with Gasteiger partial charge in [-0.3, -0.25) is 9.98 Å². The van der Waals surface area contributed by atoms with E-state index in [9.17, 15) is 4.39 Å². The van der Waals surface area contributed by atoms with E-state index in [0.29, 0.717) is 35.3 Å². The highest BCUT2D eigenvalue weighted by molar-refractivity contribution is 6.04. The van der Waals surface area contributed by atoms with Gasteiger partial charge in [0.1, 0.15) is 34.7 Å². The smallest absolute Gasteiger partial charge is 0.149 e. The van der Waals surface area contributed by atoms with Gasteiger partial charge in [-0.1, -0.05) is 24.0 Å². The third-order valence-corrected chi connectivity index (χ3v) is 4.79. The first kappa shape index (κ1) is 18.6. The van der Waals surface area contributed by atoms with Gasteiger partial charge in [-0.25, -0.2) is 14.4 Å². The van der Waals surface area contributed by atoms with E-state index in [1.165, 1.54) is 12.1 Å². The average Bonchev–Trinajstić information content (AvgIpc) is 3.54. The monoisotopic (exact) mass is 389 g/mol. The minimum atomic E-state index is -0.324. The highest BCUT2D eigenvalue weighted by Gasteiger charge is 2.45. The molecule has 0 atom stereocenters. The summed E-state index contributed by atoms with van der Waals surface area (Å²) in [6.07, 6.45) is 7.00. The molecule has 1 saturated carbocycles. The van der Waals surface area contributed by atoms with Crippen LogP contribution in [0.1, 0.15) is 24.8 Å². The maximum absolute atomic E-state index is 13.4. The molecule has 0 bridgehead atoms. The van der Waals surface area contributed by atoms with Crippen LogP contribution in [0.15, 0.2) is 64.2 Å². The Bertz CT molecular complexity index is 1060. The zero-order valence-electron chi connectivity index (χ0n) is 15.9. The van der Waals surface area contributed by atoms with Crippen LogP contribution in [-0.2, 0) is 5.54 Å². The SMILES string of the molecule is CN=C(N)C1=C(NC2(c3ccc(F)cc3)CC2)N=C(Nc2cnccn2)CC#C1. The number of hydrogen-bond acceptors (Lipinski definition) is 6. The van der Waals surface area contributed by atoms with Crippen molar-refractivity contribution in [2.24, 2.45) is 15.7 Å². The Morgan fingerprint density at radius 2 is 2.03 bits per heavy atom. The fourth-order valence-electron chi connectivity index (χ4n) is 3.08. The van der Waals surface area contributed by atoms with Crippen LogP contribution in [0.3, 0.4) is 0 Å². The number of amidine groups is 2. The topological polar surface area (TPSA) is 101 Å². The van der Waals surface area contributed by atoms with Crippen LogP contribution in [0.4, 0.5) is 10.2 Å². The zero-order valence-corrected chi connectivity index (χ0v) is 15.9. The van der Waals surface area contributed by atoms with Gasteiger partial charge in [0.2, 0.25) is 0 Å². The van der Waals surface area contributed by atoms with Crippen LogP contribution >= 0.6 is 0 Å². The van der Waals surface area contributed by atoms with E-state index >= 15 is 0 Å². The minimum absolute atomic E-state index is 0.263. The summed E-state index contributed by atoms with van der Waals surface area (Å²) in [4.78, 5) is 17.1. The molecule has 0 saturated heterocycles. The van der Waals surface area contributed by atoms with Crippen molar-refractivity contribution in [3.8, 4) is 11.8 Å². The molecule has 4 rings (SSSR count). The molecule has 146 valence electrons. The van der Waals surface area contributed by atoms with Crippen molar-refractivity contribution in [3.05, 3.63) is 65.6 Å². The van der Waals surface area contributed by atoms with Crippen LogP contribution in [-0.4, -0.2) is 28.7 Å². The molecule has 8 heteroatoms. The maximum atomic E-state index is 13.4. The summed E-state index contributed by atoms with van der Waals surface area (Å²) >= 11 is 0. The van der Waals surface area contributed by atoms with Crippen LogP contribution in [0.5, 0.6) is 0 Å². The molecule has 0 amide bonds. The van der Waals surface area contributed by atoms with Gasteiger partial charge < -0.3 is 16.4 Å². The molecule has 29 heavy (non-hydrogen) atoms. The molecule has 7 nitrogen and oxygen atoms in total. The van der Waals surface area contributed by atoms with Gasteiger partial charge in [0, 0.05) is 19.4 Å². The lowest BCUT2D eigenvalue weighted by Crippen LogP contribution is -2.31. The van der Waals surface area contributed by atoms with Crippen LogP contribution in [0.25, 0.3) is 0 Å². The summed E-state index contributed by atoms with van der Waals surface area (Å²) in [6.45, 7) is 0. The molecule has 1 aliphatic carbocycles. The molecular formula is C21H20FN7. The van der Waals surface area contributed by atoms with Crippen molar-refractivity contribution >= 4 is 17.5 Å². The molecule has 1 aromatic heterocycles. The van der Waals surface area contributed by atoms with Crippen molar-refractivity contribution in [3.63, 3.8) is 0 Å². The molecule has 4 N–H and O–H groups in total. The molecule has 0 radical (unpaired) electrons. The number of nitrogens with two attached hydrogens (primary N) is 1. The average molecular weight is 389 g/mol. The first-order valence-corrected chi connectivity index (χ1v) is 9.20. The molecule has 0 spiro atoms. The predicted octanol–water partition coefficient (Wildman–Crippen LogP) is 2.31. The highest BCUT2D eigenvalue weighted by Crippen LogP contribution is 2.46. The summed E-state index contributed by atoms with van der Waals surface area (Å²) in [5.41, 5.74) is 7.30. The number of halogens is 1. The van der Waals surface area contributed by atoms with E-state index in [2.05, 4.69) is 37.4 Å². The normalized spacial score (nSPS) is 17.6. The lowest BCUT2D eigenvalue weighted by Gasteiger charge is -2.21. The summed E-state index contributed by atoms with van der Waals surface area (Å²) in [5, 5.41) is 6.64. The van der Waals surface area contributed by atoms with E-state index in [-0.39, 0.29) is 11.4 Å². The van der Waals surface area contributed by atoms with Gasteiger partial charge in [-0.15, -0.1) is 0 Å². The third-order valence-electron chi connectivity index (χ3n) is 4.79. The minimum Gasteiger partial charge on any atom is -0.383 e. The van der Waals surface area contributed by atoms with Gasteiger partial charge in [0.15, 0.2) is 0 Å². The molecule has 2 aromatic rings. The number of aromatic nitrogens is 2. The van der Waals surface area contributed by atoms with Gasteiger partial charge in [-0.05, 0) is 30.5 Å². The lowest BCUT2D eigenvalue weighted by atomic mass is 10.0. The second-order valence-corrected chi connectivity index (χ2v) is 6.80. The van der Waals surface area contributed by atoms with Crippen LogP contribution in [0.2, 0.25) is 0 Å². The number of aliphatic imine (C=N–C) groups is 2. The van der Waals surface area contributed by atoms with Crippen molar-refractivity contribution in [2.75, 3.05) is 12.4 Å². The molecule has 0 unspecified atom stereocenters. The Kier molecular flexibility index (Phi) is 4.96. The summed E-state index contributed by atoms with van der Waals surface area (Å²) in [7, 11) is 1.61. The number of rotatable bonds is 5. The van der Waals surface area contributed by atoms with Crippen molar-refractivity contribution < 1.29 is 4.39 Å². The number of hydrogen-bond donors (Lipinski definition) is 3. The molecule has 1 aliphatic heterocycles. The van der Waals surface area contributed by atoms with Crippen molar-refractivity contribution in [2.45, 2.75) is 24.8 Å². The van der Waals surface area contributed by atoms with Crippen LogP contribution < -0.4 is 16.4 Å². The fraction of sp³-hybridized carbons (Fsp3) is 0.238. The molecular weight excluding hydrogens is 369 g/mol. The first-order valence-electron chi connectivity index (χ1n) is 9.20. The van der Waals surface area contributed by atoms with Crippen LogP contribution in [0, 0.1) is 17.7 Å². The maximum Gasteiger partial charge on any atom is 0.149 e. The number of benzene rings is 1. The largest absolute Gasteiger partial charge is 0.383 e. The summed E-state index contributed by atoms with van der Waals surface area (Å²) in [6, 6.07) is 6.51. The second kappa shape index (κ2) is 7.72. The van der Waals surface area contributed by atoms with E-state index < -0.39 is 0 Å². The number of nitrogens with zero attached hydrogens (tertiary/aromatic N) is 4. The lowest BCUT2D eigenvalue weighted by molar-refractivity contribution is 0.577. The highest BCUT2D eigenvalue weighted by atomic mass is 19.1. The Hall–Kier alpha value is -3.73. The van der Waals surface area contributed by atoms with Crippen molar-refractivity contribution in [1.82, 2.24) is 15.3 Å². The van der Waals surface area contributed by atoms with E-state index in [0.717, 1.165) is 18.4 Å². The van der Waals surface area contributed by atoms with E-state index in [1.54, 1.807) is 37.8 Å². The van der Waals surface area contributed by atoms with E-state index in [1.807, 2.05) is 0 Å². The second-order valence-electron chi connectivity index (χ2n) is 6.80. The van der Waals surface area contributed by atoms with E-state index in [4.69, 9.17) is 10.7 Å². The molecule has 2 aliphatic rings. The molecule has 2 heterocycles. The fourth-order valence-corrected chi connectivity index (χ4v) is 3.08. The Morgan fingerprint density at radius 3 is 2.69 bits per heavy atom. The van der Waals surface area contributed by atoms with Gasteiger partial charge in [-0.2, -0.15) is 0 Å². The quantitative estimate of drug-likeness (QED) is 0.414. The third kappa shape index (κ3) is 4.09. The number of anilines is 1. The molecule has 1 fully saturated rings. The Morgan fingerprint density at radius 1 is 1.24 bits per heavy atom. The van der Waals surface area contributed by atoms with Gasteiger partial charge in [0.05, 0.1) is 18.2 Å². The predicted molar refractivity (Wildman–Crippen MR) is 111 cm³/mol. The molecule has 1 aromatic carbocycles. The summed E-state index contributed by atoms with van der Waals surface area (Å²) < 4.78 is 13.4. The standard InChI is InChI=1S/C21H20FN7/c1-24-19(23)16-3-2-4-17(27-18-13-25-11-12-26-18)28-20(16)29-21(9-10-21)14-5-7-15(22)8-6-14/h5-8,11-13,29H,4,9-10H2,1H3,(H2,23,24)(H,26,27,28). The Balaban J connectivity index is 1.69. The Labute approximate surface area is 168 Å². The van der Waals surface area contributed by atoms with Gasteiger partial charge in [0.25, 0.3) is 0 Å². The first-order chi connectivity index (χ1) is 14.1.